The SMILES string of the molecule is CCOC(=O)NC1CC(c2cccs2)CN(C(C)C)C1. The Morgan fingerprint density at radius 2 is 2.35 bits per heavy atom. The first-order valence-electron chi connectivity index (χ1n) is 7.30. The van der Waals surface area contributed by atoms with Crippen molar-refractivity contribution < 1.29 is 9.53 Å². The van der Waals surface area contributed by atoms with Crippen LogP contribution in [0.4, 0.5) is 4.79 Å². The van der Waals surface area contributed by atoms with Crippen molar-refractivity contribution >= 4 is 17.4 Å². The molecule has 2 atom stereocenters. The molecule has 0 aromatic carbocycles. The van der Waals surface area contributed by atoms with Gasteiger partial charge >= 0.3 is 6.09 Å². The van der Waals surface area contributed by atoms with Crippen LogP contribution in [0.3, 0.4) is 0 Å². The summed E-state index contributed by atoms with van der Waals surface area (Å²) in [6.45, 7) is 8.63. The molecule has 1 aliphatic heterocycles. The number of thiophene rings is 1. The molecule has 1 saturated heterocycles. The number of piperidine rings is 1. The smallest absolute Gasteiger partial charge is 0.407 e. The first-order chi connectivity index (χ1) is 9.60. The fourth-order valence-electron chi connectivity index (χ4n) is 2.73. The average Bonchev–Trinajstić information content (AvgIpc) is 2.92. The lowest BCUT2D eigenvalue weighted by Gasteiger charge is -2.39. The Bertz CT molecular complexity index is 420. The second-order valence-corrected chi connectivity index (χ2v) is 6.54. The Balaban J connectivity index is 2.03. The molecular formula is C15H24N2O2S. The molecule has 20 heavy (non-hydrogen) atoms. The van der Waals surface area contributed by atoms with Crippen LogP contribution in [-0.2, 0) is 4.74 Å². The van der Waals surface area contributed by atoms with Crippen LogP contribution < -0.4 is 5.32 Å². The molecule has 1 aliphatic rings. The second kappa shape index (κ2) is 7.09. The van der Waals surface area contributed by atoms with Crippen LogP contribution in [-0.4, -0.2) is 42.8 Å². The van der Waals surface area contributed by atoms with Crippen LogP contribution in [0.15, 0.2) is 17.5 Å². The van der Waals surface area contributed by atoms with E-state index in [9.17, 15) is 4.79 Å². The summed E-state index contributed by atoms with van der Waals surface area (Å²) in [7, 11) is 0. The second-order valence-electron chi connectivity index (χ2n) is 5.56. The number of alkyl carbamates (subject to hydrolysis) is 1. The van der Waals surface area contributed by atoms with E-state index in [-0.39, 0.29) is 12.1 Å². The standard InChI is InChI=1S/C15H24N2O2S/c1-4-19-15(18)16-13-8-12(14-6-5-7-20-14)9-17(10-13)11(2)3/h5-7,11-13H,4,8-10H2,1-3H3,(H,16,18). The molecule has 2 heterocycles. The van der Waals surface area contributed by atoms with Gasteiger partial charge in [-0.1, -0.05) is 6.07 Å². The lowest BCUT2D eigenvalue weighted by atomic mass is 9.92. The molecule has 4 nitrogen and oxygen atoms in total. The average molecular weight is 296 g/mol. The van der Waals surface area contributed by atoms with Crippen molar-refractivity contribution in [1.82, 2.24) is 10.2 Å². The van der Waals surface area contributed by atoms with E-state index in [4.69, 9.17) is 4.74 Å². The van der Waals surface area contributed by atoms with Gasteiger partial charge in [-0.25, -0.2) is 4.79 Å². The van der Waals surface area contributed by atoms with Gasteiger partial charge in [0.2, 0.25) is 0 Å². The van der Waals surface area contributed by atoms with Crippen molar-refractivity contribution in [2.45, 2.75) is 45.2 Å². The summed E-state index contributed by atoms with van der Waals surface area (Å²) >= 11 is 1.80. The number of ether oxygens (including phenoxy) is 1. The molecule has 5 heteroatoms. The summed E-state index contributed by atoms with van der Waals surface area (Å²) in [6.07, 6.45) is 0.691. The molecule has 1 aromatic heterocycles. The molecule has 0 spiro atoms. The minimum Gasteiger partial charge on any atom is -0.450 e. The molecular weight excluding hydrogens is 272 g/mol. The van der Waals surface area contributed by atoms with Crippen molar-refractivity contribution in [3.63, 3.8) is 0 Å². The maximum Gasteiger partial charge on any atom is 0.407 e. The number of nitrogens with one attached hydrogen (secondary N) is 1. The van der Waals surface area contributed by atoms with Crippen molar-refractivity contribution in [3.8, 4) is 0 Å². The highest BCUT2D eigenvalue weighted by molar-refractivity contribution is 7.10. The molecule has 1 fully saturated rings. The molecule has 1 aromatic rings. The van der Waals surface area contributed by atoms with Gasteiger partial charge in [-0.15, -0.1) is 11.3 Å². The maximum absolute atomic E-state index is 11.6. The van der Waals surface area contributed by atoms with Crippen LogP contribution in [0.1, 0.15) is 38.0 Å². The number of nitrogens with zero attached hydrogens (tertiary/aromatic N) is 1. The van der Waals surface area contributed by atoms with E-state index in [1.807, 2.05) is 6.92 Å². The number of hydrogen-bond acceptors (Lipinski definition) is 4. The lowest BCUT2D eigenvalue weighted by molar-refractivity contribution is 0.117. The number of carbonyl (C=O) groups is 1. The van der Waals surface area contributed by atoms with E-state index >= 15 is 0 Å². The molecule has 1 amide bonds. The maximum atomic E-state index is 11.6. The molecule has 0 saturated carbocycles. The van der Waals surface area contributed by atoms with Crippen molar-refractivity contribution in [3.05, 3.63) is 22.4 Å². The van der Waals surface area contributed by atoms with Gasteiger partial charge in [0.15, 0.2) is 0 Å². The van der Waals surface area contributed by atoms with Crippen LogP contribution in [0, 0.1) is 0 Å². The molecule has 1 N–H and O–H groups in total. The molecule has 0 radical (unpaired) electrons. The largest absolute Gasteiger partial charge is 0.450 e. The fourth-order valence-corrected chi connectivity index (χ4v) is 3.56. The summed E-state index contributed by atoms with van der Waals surface area (Å²) < 4.78 is 5.00. The summed E-state index contributed by atoms with van der Waals surface area (Å²) in [5.41, 5.74) is 0. The van der Waals surface area contributed by atoms with Gasteiger partial charge in [0.05, 0.1) is 6.61 Å². The number of carbonyl (C=O) groups excluding carboxylic acids is 1. The van der Waals surface area contributed by atoms with E-state index in [1.165, 1.54) is 4.88 Å². The zero-order valence-electron chi connectivity index (χ0n) is 12.5. The highest BCUT2D eigenvalue weighted by atomic mass is 32.1. The normalized spacial score (nSPS) is 23.8. The third-order valence-corrected chi connectivity index (χ3v) is 4.79. The summed E-state index contributed by atoms with van der Waals surface area (Å²) in [5.74, 6) is 0.498. The van der Waals surface area contributed by atoms with E-state index in [1.54, 1.807) is 11.3 Å². The molecule has 2 unspecified atom stereocenters. The number of hydrogen-bond donors (Lipinski definition) is 1. The van der Waals surface area contributed by atoms with Crippen LogP contribution in [0.2, 0.25) is 0 Å². The zero-order valence-corrected chi connectivity index (χ0v) is 13.3. The molecule has 0 aliphatic carbocycles. The number of amides is 1. The summed E-state index contributed by atoms with van der Waals surface area (Å²) in [6, 6.07) is 4.95. The number of likely N-dealkylation sites (tertiary alicyclic amines) is 1. The van der Waals surface area contributed by atoms with Crippen molar-refractivity contribution in [2.75, 3.05) is 19.7 Å². The van der Waals surface area contributed by atoms with Gasteiger partial charge in [0.25, 0.3) is 0 Å². The third-order valence-electron chi connectivity index (χ3n) is 3.75. The first-order valence-corrected chi connectivity index (χ1v) is 8.18. The van der Waals surface area contributed by atoms with Crippen molar-refractivity contribution in [2.24, 2.45) is 0 Å². The van der Waals surface area contributed by atoms with Crippen molar-refractivity contribution in [1.29, 1.82) is 0 Å². The molecule has 2 rings (SSSR count). The highest BCUT2D eigenvalue weighted by Gasteiger charge is 2.31. The quantitative estimate of drug-likeness (QED) is 0.928. The topological polar surface area (TPSA) is 41.6 Å². The Morgan fingerprint density at radius 3 is 2.95 bits per heavy atom. The molecule has 112 valence electrons. The van der Waals surface area contributed by atoms with Crippen LogP contribution in [0.25, 0.3) is 0 Å². The van der Waals surface area contributed by atoms with Gasteiger partial charge < -0.3 is 10.1 Å². The van der Waals surface area contributed by atoms with E-state index in [0.29, 0.717) is 18.6 Å². The Hall–Kier alpha value is -1.07. The van der Waals surface area contributed by atoms with E-state index in [2.05, 4.69) is 41.6 Å². The van der Waals surface area contributed by atoms with Crippen LogP contribution >= 0.6 is 11.3 Å². The Labute approximate surface area is 125 Å². The van der Waals surface area contributed by atoms with Crippen LogP contribution in [0.5, 0.6) is 0 Å². The first kappa shape index (κ1) is 15.3. The predicted octanol–water partition coefficient (Wildman–Crippen LogP) is 3.06. The third kappa shape index (κ3) is 3.96. The lowest BCUT2D eigenvalue weighted by Crippen LogP contribution is -2.52. The zero-order chi connectivity index (χ0) is 14.5. The van der Waals surface area contributed by atoms with Gasteiger partial charge in [-0.3, -0.25) is 4.90 Å². The molecule has 0 bridgehead atoms. The van der Waals surface area contributed by atoms with Gasteiger partial charge in [-0.2, -0.15) is 0 Å². The monoisotopic (exact) mass is 296 g/mol. The summed E-state index contributed by atoms with van der Waals surface area (Å²) in [5, 5.41) is 5.12. The van der Waals surface area contributed by atoms with E-state index < -0.39 is 0 Å². The number of rotatable bonds is 4. The van der Waals surface area contributed by atoms with E-state index in [0.717, 1.165) is 19.5 Å². The minimum absolute atomic E-state index is 0.164. The minimum atomic E-state index is -0.298. The summed E-state index contributed by atoms with van der Waals surface area (Å²) in [4.78, 5) is 15.5. The van der Waals surface area contributed by atoms with Gasteiger partial charge in [0.1, 0.15) is 0 Å². The Kier molecular flexibility index (Phi) is 5.43. The fraction of sp³-hybridized carbons (Fsp3) is 0.667. The van der Waals surface area contributed by atoms with Gasteiger partial charge in [0, 0.05) is 36.0 Å². The van der Waals surface area contributed by atoms with Gasteiger partial charge in [-0.05, 0) is 38.6 Å². The Morgan fingerprint density at radius 1 is 1.55 bits per heavy atom. The predicted molar refractivity (Wildman–Crippen MR) is 82.3 cm³/mol. The highest BCUT2D eigenvalue weighted by Crippen LogP contribution is 2.31.